The molecular formula is C18H28N6O3S. The highest BCUT2D eigenvalue weighted by Crippen LogP contribution is 2.12. The van der Waals surface area contributed by atoms with Crippen molar-refractivity contribution in [3.8, 4) is 0 Å². The van der Waals surface area contributed by atoms with E-state index in [1.165, 1.54) is 7.11 Å². The summed E-state index contributed by atoms with van der Waals surface area (Å²) >= 11 is 0. The summed E-state index contributed by atoms with van der Waals surface area (Å²) in [7, 11) is -0.160. The number of aromatic nitrogens is 2. The first-order chi connectivity index (χ1) is 13.5. The zero-order valence-corrected chi connectivity index (χ0v) is 17.3. The smallest absolute Gasteiger partial charge is 0.240 e. The van der Waals surface area contributed by atoms with Crippen molar-refractivity contribution in [1.82, 2.24) is 25.1 Å². The van der Waals surface area contributed by atoms with E-state index in [1.807, 2.05) is 26.1 Å². The van der Waals surface area contributed by atoms with Gasteiger partial charge in [0.1, 0.15) is 0 Å². The van der Waals surface area contributed by atoms with Crippen LogP contribution in [0.25, 0.3) is 0 Å². The summed E-state index contributed by atoms with van der Waals surface area (Å²) in [4.78, 5) is 4.75. The third-order valence-corrected chi connectivity index (χ3v) is 5.39. The van der Waals surface area contributed by atoms with E-state index in [4.69, 9.17) is 4.74 Å². The van der Waals surface area contributed by atoms with Gasteiger partial charge in [0.2, 0.25) is 10.0 Å². The molecule has 0 aliphatic rings. The molecule has 0 radical (unpaired) electrons. The predicted octanol–water partition coefficient (Wildman–Crippen LogP) is 0.600. The van der Waals surface area contributed by atoms with Crippen LogP contribution in [0.5, 0.6) is 0 Å². The van der Waals surface area contributed by atoms with E-state index in [9.17, 15) is 8.42 Å². The number of ether oxygens (including phenoxy) is 1. The number of rotatable bonds is 10. The lowest BCUT2D eigenvalue weighted by molar-refractivity contribution is 0.204. The van der Waals surface area contributed by atoms with Crippen LogP contribution in [0.15, 0.2) is 46.4 Å². The van der Waals surface area contributed by atoms with Gasteiger partial charge < -0.3 is 15.4 Å². The van der Waals surface area contributed by atoms with Crippen LogP contribution in [0.2, 0.25) is 0 Å². The molecule has 154 valence electrons. The lowest BCUT2D eigenvalue weighted by Gasteiger charge is -2.12. The first kappa shape index (κ1) is 21.9. The van der Waals surface area contributed by atoms with E-state index < -0.39 is 10.0 Å². The van der Waals surface area contributed by atoms with E-state index in [0.29, 0.717) is 25.7 Å². The lowest BCUT2D eigenvalue weighted by Crippen LogP contribution is -2.37. The SMILES string of the molecule is CCNC(=NCc1cccc(S(=O)(=O)NCCOC)c1)NCc1ccnn1C. The van der Waals surface area contributed by atoms with E-state index >= 15 is 0 Å². The van der Waals surface area contributed by atoms with E-state index in [0.717, 1.165) is 17.8 Å². The summed E-state index contributed by atoms with van der Waals surface area (Å²) in [5.74, 6) is 0.648. The first-order valence-corrected chi connectivity index (χ1v) is 10.5. The average Bonchev–Trinajstić information content (AvgIpc) is 3.09. The molecule has 0 unspecified atom stereocenters. The monoisotopic (exact) mass is 408 g/mol. The van der Waals surface area contributed by atoms with Crippen LogP contribution in [0, 0.1) is 0 Å². The zero-order chi connectivity index (χ0) is 20.4. The number of benzene rings is 1. The maximum Gasteiger partial charge on any atom is 0.240 e. The fourth-order valence-corrected chi connectivity index (χ4v) is 3.52. The highest BCUT2D eigenvalue weighted by atomic mass is 32.2. The minimum Gasteiger partial charge on any atom is -0.383 e. The van der Waals surface area contributed by atoms with Gasteiger partial charge in [-0.2, -0.15) is 5.10 Å². The normalized spacial score (nSPS) is 12.2. The first-order valence-electron chi connectivity index (χ1n) is 9.03. The number of guanidine groups is 1. The van der Waals surface area contributed by atoms with Crippen LogP contribution < -0.4 is 15.4 Å². The van der Waals surface area contributed by atoms with Gasteiger partial charge in [0.25, 0.3) is 0 Å². The van der Waals surface area contributed by atoms with Gasteiger partial charge in [-0.15, -0.1) is 0 Å². The van der Waals surface area contributed by atoms with Crippen LogP contribution in [0.4, 0.5) is 0 Å². The highest BCUT2D eigenvalue weighted by molar-refractivity contribution is 7.89. The van der Waals surface area contributed by atoms with Crippen LogP contribution in [0.3, 0.4) is 0 Å². The summed E-state index contributed by atoms with van der Waals surface area (Å²) in [6.07, 6.45) is 1.74. The van der Waals surface area contributed by atoms with Crippen molar-refractivity contribution >= 4 is 16.0 Å². The fraction of sp³-hybridized carbons (Fsp3) is 0.444. The second-order valence-electron chi connectivity index (χ2n) is 6.03. The number of hydrogen-bond acceptors (Lipinski definition) is 5. The molecule has 0 saturated heterocycles. The Bertz CT molecular complexity index is 879. The maximum absolute atomic E-state index is 12.3. The van der Waals surface area contributed by atoms with Crippen molar-refractivity contribution in [2.24, 2.45) is 12.0 Å². The van der Waals surface area contributed by atoms with E-state index in [-0.39, 0.29) is 11.4 Å². The molecule has 28 heavy (non-hydrogen) atoms. The molecule has 3 N–H and O–H groups in total. The van der Waals surface area contributed by atoms with Crippen LogP contribution in [-0.4, -0.2) is 51.0 Å². The molecule has 0 saturated carbocycles. The van der Waals surface area contributed by atoms with Crippen molar-refractivity contribution in [3.63, 3.8) is 0 Å². The molecule has 9 nitrogen and oxygen atoms in total. The predicted molar refractivity (Wildman–Crippen MR) is 108 cm³/mol. The number of aryl methyl sites for hydroxylation is 1. The number of aliphatic imine (C=N–C) groups is 1. The second-order valence-corrected chi connectivity index (χ2v) is 7.80. The van der Waals surface area contributed by atoms with Gasteiger partial charge in [-0.25, -0.2) is 18.1 Å². The van der Waals surface area contributed by atoms with Crippen molar-refractivity contribution in [2.45, 2.75) is 24.9 Å². The van der Waals surface area contributed by atoms with Crippen LogP contribution >= 0.6 is 0 Å². The molecule has 1 aromatic heterocycles. The van der Waals surface area contributed by atoms with Gasteiger partial charge in [-0.1, -0.05) is 12.1 Å². The molecule has 2 rings (SSSR count). The Labute approximate surface area is 166 Å². The average molecular weight is 409 g/mol. The molecule has 1 aromatic carbocycles. The minimum absolute atomic E-state index is 0.212. The number of nitrogens with one attached hydrogen (secondary N) is 3. The topological polar surface area (TPSA) is 110 Å². The summed E-state index contributed by atoms with van der Waals surface area (Å²) in [5.41, 5.74) is 1.83. The Morgan fingerprint density at radius 3 is 2.79 bits per heavy atom. The van der Waals surface area contributed by atoms with Crippen molar-refractivity contribution < 1.29 is 13.2 Å². The molecule has 2 aromatic rings. The van der Waals surface area contributed by atoms with E-state index in [1.54, 1.807) is 29.1 Å². The summed E-state index contributed by atoms with van der Waals surface area (Å²) in [6.45, 7) is 4.18. The molecule has 0 atom stereocenters. The Kier molecular flexibility index (Phi) is 8.42. The largest absolute Gasteiger partial charge is 0.383 e. The summed E-state index contributed by atoms with van der Waals surface area (Å²) in [6, 6.07) is 8.69. The van der Waals surface area contributed by atoms with Crippen LogP contribution in [-0.2, 0) is 34.9 Å². The number of methoxy groups -OCH3 is 1. The Morgan fingerprint density at radius 1 is 1.29 bits per heavy atom. The zero-order valence-electron chi connectivity index (χ0n) is 16.5. The van der Waals surface area contributed by atoms with Gasteiger partial charge in [-0.3, -0.25) is 4.68 Å². The van der Waals surface area contributed by atoms with Gasteiger partial charge in [-0.05, 0) is 30.7 Å². The molecule has 0 bridgehead atoms. The fourth-order valence-electron chi connectivity index (χ4n) is 2.43. The summed E-state index contributed by atoms with van der Waals surface area (Å²) in [5, 5.41) is 10.6. The minimum atomic E-state index is -3.57. The van der Waals surface area contributed by atoms with Gasteiger partial charge >= 0.3 is 0 Å². The maximum atomic E-state index is 12.3. The highest BCUT2D eigenvalue weighted by Gasteiger charge is 2.13. The van der Waals surface area contributed by atoms with Crippen molar-refractivity contribution in [3.05, 3.63) is 47.8 Å². The molecule has 0 aliphatic heterocycles. The summed E-state index contributed by atoms with van der Waals surface area (Å²) < 4.78 is 33.8. The number of nitrogens with zero attached hydrogens (tertiary/aromatic N) is 3. The van der Waals surface area contributed by atoms with Crippen molar-refractivity contribution in [1.29, 1.82) is 0 Å². The van der Waals surface area contributed by atoms with Gasteiger partial charge in [0.15, 0.2) is 5.96 Å². The van der Waals surface area contributed by atoms with Crippen molar-refractivity contribution in [2.75, 3.05) is 26.8 Å². The third-order valence-electron chi connectivity index (χ3n) is 3.93. The molecule has 0 amide bonds. The molecule has 10 heteroatoms. The Balaban J connectivity index is 2.04. The van der Waals surface area contributed by atoms with Crippen LogP contribution in [0.1, 0.15) is 18.2 Å². The number of hydrogen-bond donors (Lipinski definition) is 3. The van der Waals surface area contributed by atoms with Gasteiger partial charge in [0, 0.05) is 33.4 Å². The molecule has 0 spiro atoms. The molecule has 0 fully saturated rings. The lowest BCUT2D eigenvalue weighted by atomic mass is 10.2. The number of sulfonamides is 1. The second kappa shape index (κ2) is 10.8. The Hall–Kier alpha value is -2.43. The molecule has 0 aliphatic carbocycles. The quantitative estimate of drug-likeness (QED) is 0.302. The molecule has 1 heterocycles. The standard InChI is InChI=1S/C18H28N6O3S/c1-4-19-18(21-14-16-8-9-22-24(16)2)20-13-15-6-5-7-17(12-15)28(25,26)23-10-11-27-3/h5-9,12,23H,4,10-11,13-14H2,1-3H3,(H2,19,20,21). The third kappa shape index (κ3) is 6.63. The van der Waals surface area contributed by atoms with E-state index in [2.05, 4.69) is 25.4 Å². The van der Waals surface area contributed by atoms with Gasteiger partial charge in [0.05, 0.1) is 30.3 Å². The molecular weight excluding hydrogens is 380 g/mol. The Morgan fingerprint density at radius 2 is 2.11 bits per heavy atom.